The molecular formula is C10H16BrNS2. The standard InChI is InChI=1S/C10H16BrNS2/c1-3-13-6-8(2)12-5-9-4-10(11)14-7-9/h4,7-8,12H,3,5-6H2,1-2H3. The van der Waals surface area contributed by atoms with Crippen molar-refractivity contribution in [2.45, 2.75) is 26.4 Å². The zero-order valence-corrected chi connectivity index (χ0v) is 11.8. The summed E-state index contributed by atoms with van der Waals surface area (Å²) in [5, 5.41) is 5.70. The van der Waals surface area contributed by atoms with Crippen molar-refractivity contribution in [3.63, 3.8) is 0 Å². The van der Waals surface area contributed by atoms with Crippen molar-refractivity contribution >= 4 is 39.0 Å². The molecule has 0 aromatic carbocycles. The van der Waals surface area contributed by atoms with Crippen LogP contribution in [-0.4, -0.2) is 17.5 Å². The number of thiophene rings is 1. The van der Waals surface area contributed by atoms with Gasteiger partial charge in [-0.2, -0.15) is 11.8 Å². The minimum atomic E-state index is 0.596. The van der Waals surface area contributed by atoms with E-state index in [1.165, 1.54) is 20.9 Å². The fourth-order valence-corrected chi connectivity index (χ4v) is 3.00. The van der Waals surface area contributed by atoms with Gasteiger partial charge in [0, 0.05) is 18.3 Å². The van der Waals surface area contributed by atoms with Crippen LogP contribution in [0.15, 0.2) is 15.2 Å². The molecule has 1 atom stereocenters. The summed E-state index contributed by atoms with van der Waals surface area (Å²) in [4.78, 5) is 0. The fourth-order valence-electron chi connectivity index (χ4n) is 1.08. The Morgan fingerprint density at radius 2 is 2.43 bits per heavy atom. The quantitative estimate of drug-likeness (QED) is 0.857. The molecule has 0 bridgehead atoms. The maximum Gasteiger partial charge on any atom is 0.0701 e. The van der Waals surface area contributed by atoms with Crippen molar-refractivity contribution in [1.82, 2.24) is 5.32 Å². The molecule has 1 rings (SSSR count). The van der Waals surface area contributed by atoms with Gasteiger partial charge in [0.2, 0.25) is 0 Å². The predicted molar refractivity (Wildman–Crippen MR) is 71.3 cm³/mol. The molecule has 14 heavy (non-hydrogen) atoms. The third kappa shape index (κ3) is 4.82. The highest BCUT2D eigenvalue weighted by molar-refractivity contribution is 9.11. The molecule has 0 saturated carbocycles. The first-order chi connectivity index (χ1) is 6.72. The Balaban J connectivity index is 2.20. The van der Waals surface area contributed by atoms with Gasteiger partial charge in [-0.3, -0.25) is 0 Å². The van der Waals surface area contributed by atoms with Gasteiger partial charge < -0.3 is 5.32 Å². The number of rotatable bonds is 6. The normalized spacial score (nSPS) is 13.1. The van der Waals surface area contributed by atoms with Crippen molar-refractivity contribution in [3.8, 4) is 0 Å². The van der Waals surface area contributed by atoms with Gasteiger partial charge in [-0.1, -0.05) is 6.92 Å². The van der Waals surface area contributed by atoms with Gasteiger partial charge in [0.25, 0.3) is 0 Å². The van der Waals surface area contributed by atoms with Gasteiger partial charge >= 0.3 is 0 Å². The van der Waals surface area contributed by atoms with E-state index in [2.05, 4.69) is 46.5 Å². The lowest BCUT2D eigenvalue weighted by atomic mass is 10.3. The maximum atomic E-state index is 3.51. The first-order valence-electron chi connectivity index (χ1n) is 4.76. The van der Waals surface area contributed by atoms with Crippen LogP contribution in [0.5, 0.6) is 0 Å². The molecule has 0 saturated heterocycles. The van der Waals surface area contributed by atoms with Crippen LogP contribution in [0, 0.1) is 0 Å². The molecule has 80 valence electrons. The minimum Gasteiger partial charge on any atom is -0.309 e. The van der Waals surface area contributed by atoms with Gasteiger partial charge in [0.1, 0.15) is 0 Å². The Bertz CT molecular complexity index is 262. The van der Waals surface area contributed by atoms with Crippen LogP contribution >= 0.6 is 39.0 Å². The van der Waals surface area contributed by atoms with Gasteiger partial charge in [0.15, 0.2) is 0 Å². The number of hydrogen-bond donors (Lipinski definition) is 1. The summed E-state index contributed by atoms with van der Waals surface area (Å²) in [7, 11) is 0. The molecule has 1 unspecified atom stereocenters. The lowest BCUT2D eigenvalue weighted by Crippen LogP contribution is -2.27. The molecular weight excluding hydrogens is 278 g/mol. The predicted octanol–water partition coefficient (Wildman–Crippen LogP) is 3.74. The number of thioether (sulfide) groups is 1. The number of nitrogens with one attached hydrogen (secondary N) is 1. The van der Waals surface area contributed by atoms with Crippen LogP contribution in [0.3, 0.4) is 0 Å². The second kappa shape index (κ2) is 6.88. The van der Waals surface area contributed by atoms with Gasteiger partial charge in [0.05, 0.1) is 3.79 Å². The average molecular weight is 294 g/mol. The van der Waals surface area contributed by atoms with Crippen molar-refractivity contribution < 1.29 is 0 Å². The van der Waals surface area contributed by atoms with Gasteiger partial charge in [-0.05, 0) is 45.6 Å². The van der Waals surface area contributed by atoms with E-state index in [-0.39, 0.29) is 0 Å². The van der Waals surface area contributed by atoms with Crippen molar-refractivity contribution in [3.05, 3.63) is 20.8 Å². The topological polar surface area (TPSA) is 12.0 Å². The van der Waals surface area contributed by atoms with Crippen LogP contribution in [0.25, 0.3) is 0 Å². The Morgan fingerprint density at radius 3 is 3.00 bits per heavy atom. The number of halogens is 1. The first-order valence-corrected chi connectivity index (χ1v) is 7.59. The second-order valence-corrected chi connectivity index (χ2v) is 6.81. The molecule has 1 N–H and O–H groups in total. The number of hydrogen-bond acceptors (Lipinski definition) is 3. The van der Waals surface area contributed by atoms with E-state index < -0.39 is 0 Å². The highest BCUT2D eigenvalue weighted by atomic mass is 79.9. The monoisotopic (exact) mass is 293 g/mol. The van der Waals surface area contributed by atoms with E-state index in [4.69, 9.17) is 0 Å². The summed E-state index contributed by atoms with van der Waals surface area (Å²) in [6.07, 6.45) is 0. The molecule has 1 aromatic heterocycles. The molecule has 0 aliphatic carbocycles. The van der Waals surface area contributed by atoms with Crippen molar-refractivity contribution in [2.75, 3.05) is 11.5 Å². The summed E-state index contributed by atoms with van der Waals surface area (Å²) in [6, 6.07) is 2.77. The Morgan fingerprint density at radius 1 is 1.64 bits per heavy atom. The SMILES string of the molecule is CCSCC(C)NCc1csc(Br)c1. The minimum absolute atomic E-state index is 0.596. The van der Waals surface area contributed by atoms with E-state index >= 15 is 0 Å². The molecule has 0 spiro atoms. The molecule has 0 radical (unpaired) electrons. The van der Waals surface area contributed by atoms with E-state index in [9.17, 15) is 0 Å². The lowest BCUT2D eigenvalue weighted by molar-refractivity contribution is 0.597. The van der Waals surface area contributed by atoms with Crippen molar-refractivity contribution in [1.29, 1.82) is 0 Å². The summed E-state index contributed by atoms with van der Waals surface area (Å²) in [5.74, 6) is 2.40. The third-order valence-electron chi connectivity index (χ3n) is 1.85. The van der Waals surface area contributed by atoms with Crippen LogP contribution in [0.4, 0.5) is 0 Å². The average Bonchev–Trinajstić information content (AvgIpc) is 2.58. The van der Waals surface area contributed by atoms with Crippen LogP contribution in [0.1, 0.15) is 19.4 Å². The smallest absolute Gasteiger partial charge is 0.0701 e. The molecule has 1 aromatic rings. The Kier molecular flexibility index (Phi) is 6.17. The van der Waals surface area contributed by atoms with Crippen LogP contribution in [0.2, 0.25) is 0 Å². The van der Waals surface area contributed by atoms with E-state index in [0.717, 1.165) is 6.54 Å². The first kappa shape index (κ1) is 12.6. The van der Waals surface area contributed by atoms with Gasteiger partial charge in [-0.25, -0.2) is 0 Å². The molecule has 0 fully saturated rings. The Labute approximate surface area is 103 Å². The largest absolute Gasteiger partial charge is 0.309 e. The van der Waals surface area contributed by atoms with E-state index in [1.54, 1.807) is 11.3 Å². The lowest BCUT2D eigenvalue weighted by Gasteiger charge is -2.11. The molecule has 0 amide bonds. The zero-order valence-electron chi connectivity index (χ0n) is 8.55. The third-order valence-corrected chi connectivity index (χ3v) is 4.55. The fraction of sp³-hybridized carbons (Fsp3) is 0.600. The van der Waals surface area contributed by atoms with Crippen LogP contribution < -0.4 is 5.32 Å². The maximum absolute atomic E-state index is 3.51. The second-order valence-electron chi connectivity index (χ2n) is 3.20. The van der Waals surface area contributed by atoms with Gasteiger partial charge in [-0.15, -0.1) is 11.3 Å². The molecule has 0 aliphatic rings. The van der Waals surface area contributed by atoms with Crippen LogP contribution in [-0.2, 0) is 6.54 Å². The molecule has 0 aliphatic heterocycles. The van der Waals surface area contributed by atoms with E-state index in [1.807, 2.05) is 11.8 Å². The molecule has 1 nitrogen and oxygen atoms in total. The summed E-state index contributed by atoms with van der Waals surface area (Å²) in [5.41, 5.74) is 1.37. The Hall–Kier alpha value is 0.490. The summed E-state index contributed by atoms with van der Waals surface area (Å²) < 4.78 is 1.21. The highest BCUT2D eigenvalue weighted by Crippen LogP contribution is 2.20. The van der Waals surface area contributed by atoms with Crippen molar-refractivity contribution in [2.24, 2.45) is 0 Å². The molecule has 1 heterocycles. The highest BCUT2D eigenvalue weighted by Gasteiger charge is 2.02. The zero-order chi connectivity index (χ0) is 10.4. The van der Waals surface area contributed by atoms with E-state index in [0.29, 0.717) is 6.04 Å². The summed E-state index contributed by atoms with van der Waals surface area (Å²) >= 11 is 7.20. The molecule has 4 heteroatoms. The summed E-state index contributed by atoms with van der Waals surface area (Å²) in [6.45, 7) is 5.42.